The molecule has 5 atom stereocenters. The Kier molecular flexibility index (Phi) is 2.05. The maximum atomic E-state index is 12.7. The molecule has 0 saturated carbocycles. The number of benzene rings is 1. The molecule has 0 aliphatic carbocycles. The Morgan fingerprint density at radius 2 is 2.10 bits per heavy atom. The molecule has 3 fully saturated rings. The quantitative estimate of drug-likeness (QED) is 0.752. The van der Waals surface area contributed by atoms with Crippen molar-refractivity contribution < 1.29 is 4.79 Å². The Morgan fingerprint density at radius 1 is 1.29 bits per heavy atom. The van der Waals surface area contributed by atoms with Crippen molar-refractivity contribution in [3.8, 4) is 0 Å². The Hall–Kier alpha value is -1.87. The molecular formula is C18H18N2O. The number of fused-ring (bicyclic) bond motifs is 4. The predicted octanol–water partition coefficient (Wildman–Crippen LogP) is 2.98. The van der Waals surface area contributed by atoms with Crippen molar-refractivity contribution in [1.82, 2.24) is 9.88 Å². The van der Waals surface area contributed by atoms with Gasteiger partial charge in [-0.15, -0.1) is 0 Å². The summed E-state index contributed by atoms with van der Waals surface area (Å²) in [5.41, 5.74) is 5.02. The molecule has 1 N–H and O–H groups in total. The third kappa shape index (κ3) is 1.26. The molecule has 1 aromatic heterocycles. The summed E-state index contributed by atoms with van der Waals surface area (Å²) in [6, 6.07) is 9.19. The monoisotopic (exact) mass is 278 g/mol. The molecule has 3 heteroatoms. The number of hydrogen-bond donors (Lipinski definition) is 1. The van der Waals surface area contributed by atoms with E-state index in [9.17, 15) is 4.79 Å². The Bertz CT molecular complexity index is 803. The molecule has 3 nitrogen and oxygen atoms in total. The number of ketones is 1. The molecule has 3 saturated heterocycles. The minimum absolute atomic E-state index is 0.0564. The Morgan fingerprint density at radius 3 is 2.95 bits per heavy atom. The number of H-pyrrole nitrogens is 1. The highest BCUT2D eigenvalue weighted by Crippen LogP contribution is 2.52. The van der Waals surface area contributed by atoms with Crippen molar-refractivity contribution in [2.24, 2.45) is 5.92 Å². The van der Waals surface area contributed by atoms with Crippen LogP contribution in [0.1, 0.15) is 30.6 Å². The number of aromatic amines is 1. The molecular weight excluding hydrogens is 260 g/mol. The van der Waals surface area contributed by atoms with E-state index in [0.717, 1.165) is 18.4 Å². The van der Waals surface area contributed by atoms with Crippen LogP contribution in [0, 0.1) is 5.92 Å². The Labute approximate surface area is 123 Å². The molecule has 1 unspecified atom stereocenters. The topological polar surface area (TPSA) is 36.1 Å². The number of nitrogens with one attached hydrogen (secondary N) is 1. The highest BCUT2D eigenvalue weighted by Gasteiger charge is 2.54. The van der Waals surface area contributed by atoms with Gasteiger partial charge >= 0.3 is 0 Å². The van der Waals surface area contributed by atoms with Gasteiger partial charge in [-0.05, 0) is 37.0 Å². The van der Waals surface area contributed by atoms with E-state index in [1.54, 1.807) is 0 Å². The van der Waals surface area contributed by atoms with Gasteiger partial charge in [0.1, 0.15) is 0 Å². The smallest absolute Gasteiger partial charge is 0.157 e. The second-order valence-electron chi connectivity index (χ2n) is 6.69. The number of Topliss-reactive ketones (excluding diaryl/α,β-unsaturated/α-hetero) is 1. The van der Waals surface area contributed by atoms with Crippen molar-refractivity contribution in [1.29, 1.82) is 0 Å². The fraction of sp³-hybridized carbons (Fsp3) is 0.389. The first-order valence-electron chi connectivity index (χ1n) is 7.76. The highest BCUT2D eigenvalue weighted by molar-refractivity contribution is 5.94. The van der Waals surface area contributed by atoms with Crippen LogP contribution in [0.3, 0.4) is 0 Å². The molecule has 0 radical (unpaired) electrons. The van der Waals surface area contributed by atoms with Crippen LogP contribution in [0.5, 0.6) is 0 Å². The number of aromatic nitrogens is 1. The summed E-state index contributed by atoms with van der Waals surface area (Å²) in [5, 5.41) is 1.29. The van der Waals surface area contributed by atoms with Gasteiger partial charge in [-0.1, -0.05) is 24.8 Å². The summed E-state index contributed by atoms with van der Waals surface area (Å²) >= 11 is 0. The van der Waals surface area contributed by atoms with E-state index in [0.29, 0.717) is 17.9 Å². The number of carbonyl (C=O) groups is 1. The van der Waals surface area contributed by atoms with Crippen molar-refractivity contribution in [3.05, 3.63) is 47.7 Å². The number of piperidine rings is 3. The highest BCUT2D eigenvalue weighted by atomic mass is 16.1. The zero-order chi connectivity index (χ0) is 14.3. The van der Waals surface area contributed by atoms with Gasteiger partial charge in [0.25, 0.3) is 0 Å². The first-order chi connectivity index (χ1) is 10.2. The lowest BCUT2D eigenvalue weighted by molar-refractivity contribution is -0.141. The number of para-hydroxylation sites is 1. The normalized spacial score (nSPS) is 37.1. The summed E-state index contributed by atoms with van der Waals surface area (Å²) in [5.74, 6) is 0.463. The van der Waals surface area contributed by atoms with E-state index in [4.69, 9.17) is 0 Å². The lowest BCUT2D eigenvalue weighted by atomic mass is 9.67. The molecule has 4 aliphatic rings. The van der Waals surface area contributed by atoms with Gasteiger partial charge in [0.15, 0.2) is 5.78 Å². The molecule has 5 heterocycles. The van der Waals surface area contributed by atoms with E-state index in [2.05, 4.69) is 47.7 Å². The minimum atomic E-state index is 0.0564. The SMILES string of the molecule is C=C1[C@@H]2C[C@H]3c4[nH]c5ccccc5c4C[C@@H](C2=O)N3[C@H]1C. The first kappa shape index (κ1) is 11.8. The van der Waals surface area contributed by atoms with Crippen molar-refractivity contribution in [3.63, 3.8) is 0 Å². The van der Waals surface area contributed by atoms with Crippen molar-refractivity contribution in [2.45, 2.75) is 37.9 Å². The largest absolute Gasteiger partial charge is 0.357 e. The summed E-state index contributed by atoms with van der Waals surface area (Å²) in [4.78, 5) is 18.7. The van der Waals surface area contributed by atoms with Crippen LogP contribution in [0.15, 0.2) is 36.4 Å². The maximum absolute atomic E-state index is 12.7. The third-order valence-corrected chi connectivity index (χ3v) is 5.86. The maximum Gasteiger partial charge on any atom is 0.157 e. The number of carbonyl (C=O) groups excluding carboxylic acids is 1. The van der Waals surface area contributed by atoms with E-state index < -0.39 is 0 Å². The molecule has 2 aromatic rings. The molecule has 106 valence electrons. The molecule has 4 aliphatic heterocycles. The molecule has 6 rings (SSSR count). The summed E-state index contributed by atoms with van der Waals surface area (Å²) in [6.07, 6.45) is 1.75. The Balaban J connectivity index is 1.76. The average Bonchev–Trinajstić information content (AvgIpc) is 2.86. The van der Waals surface area contributed by atoms with Crippen LogP contribution in [-0.4, -0.2) is 27.8 Å². The summed E-state index contributed by atoms with van der Waals surface area (Å²) < 4.78 is 0. The lowest BCUT2D eigenvalue weighted by Gasteiger charge is -2.56. The molecule has 0 amide bonds. The van der Waals surface area contributed by atoms with Crippen LogP contribution in [-0.2, 0) is 11.2 Å². The van der Waals surface area contributed by atoms with Crippen molar-refractivity contribution >= 4 is 16.7 Å². The van der Waals surface area contributed by atoms with Gasteiger partial charge in [-0.3, -0.25) is 9.69 Å². The van der Waals surface area contributed by atoms with Crippen LogP contribution >= 0.6 is 0 Å². The molecule has 0 spiro atoms. The third-order valence-electron chi connectivity index (χ3n) is 5.86. The number of rotatable bonds is 0. The zero-order valence-electron chi connectivity index (χ0n) is 12.1. The molecule has 4 bridgehead atoms. The average molecular weight is 278 g/mol. The standard InChI is InChI=1S/C18H18N2O/c1-9-10(2)20-15-7-12(9)18(21)16(20)8-13-11-5-3-4-6-14(11)19-17(13)15/h3-6,10,12,15-16,19H,1,7-8H2,2H3/t10-,12-,15-,16-/m0/s1. The van der Waals surface area contributed by atoms with Crippen molar-refractivity contribution in [2.75, 3.05) is 0 Å². The number of hydrogen-bond acceptors (Lipinski definition) is 2. The zero-order valence-corrected chi connectivity index (χ0v) is 12.1. The molecule has 21 heavy (non-hydrogen) atoms. The van der Waals surface area contributed by atoms with Crippen LogP contribution < -0.4 is 0 Å². The first-order valence-corrected chi connectivity index (χ1v) is 7.76. The van der Waals surface area contributed by atoms with E-state index >= 15 is 0 Å². The predicted molar refractivity (Wildman–Crippen MR) is 82.1 cm³/mol. The minimum Gasteiger partial charge on any atom is -0.357 e. The van der Waals surface area contributed by atoms with E-state index in [1.165, 1.54) is 22.2 Å². The number of nitrogens with zero attached hydrogens (tertiary/aromatic N) is 1. The lowest BCUT2D eigenvalue weighted by Crippen LogP contribution is -2.63. The van der Waals surface area contributed by atoms with Gasteiger partial charge < -0.3 is 4.98 Å². The van der Waals surface area contributed by atoms with Gasteiger partial charge in [0.2, 0.25) is 0 Å². The van der Waals surface area contributed by atoms with Crippen LogP contribution in [0.4, 0.5) is 0 Å². The summed E-state index contributed by atoms with van der Waals surface area (Å²) in [7, 11) is 0. The van der Waals surface area contributed by atoms with Crippen LogP contribution in [0.25, 0.3) is 10.9 Å². The van der Waals surface area contributed by atoms with E-state index in [-0.39, 0.29) is 12.0 Å². The van der Waals surface area contributed by atoms with E-state index in [1.807, 2.05) is 0 Å². The molecule has 1 aromatic carbocycles. The fourth-order valence-electron chi connectivity index (χ4n) is 4.81. The van der Waals surface area contributed by atoms with Gasteiger partial charge in [-0.2, -0.15) is 0 Å². The van der Waals surface area contributed by atoms with Crippen LogP contribution in [0.2, 0.25) is 0 Å². The van der Waals surface area contributed by atoms with Gasteiger partial charge in [-0.25, -0.2) is 0 Å². The van der Waals surface area contributed by atoms with Gasteiger partial charge in [0.05, 0.1) is 12.1 Å². The van der Waals surface area contributed by atoms with Gasteiger partial charge in [0, 0.05) is 28.6 Å². The summed E-state index contributed by atoms with van der Waals surface area (Å²) in [6.45, 7) is 6.38. The fourth-order valence-corrected chi connectivity index (χ4v) is 4.81. The second kappa shape index (κ2) is 3.66. The second-order valence-corrected chi connectivity index (χ2v) is 6.69.